The fourth-order valence-corrected chi connectivity index (χ4v) is 2.79. The standard InChI is InChI=1S/C22H30ClNO2/c1-16(2)8-5-9-17(3)10-6-11-18(4)14-15-24-21-19(22(25)26)12-7-13-20(21)23/h7-8,10,12-14,24H,5-6,9,11,15H2,1-4H3,(H,25,26). The van der Waals surface area contributed by atoms with E-state index in [1.165, 1.54) is 16.7 Å². The summed E-state index contributed by atoms with van der Waals surface area (Å²) in [6, 6.07) is 4.88. The lowest BCUT2D eigenvalue weighted by Crippen LogP contribution is -2.07. The zero-order valence-corrected chi connectivity index (χ0v) is 17.0. The molecular formula is C22H30ClNO2. The normalized spacial score (nSPS) is 12.0. The molecular weight excluding hydrogens is 346 g/mol. The summed E-state index contributed by atoms with van der Waals surface area (Å²) < 4.78 is 0. The smallest absolute Gasteiger partial charge is 0.337 e. The number of carboxylic acids is 1. The number of halogens is 1. The molecule has 3 nitrogen and oxygen atoms in total. The first-order chi connectivity index (χ1) is 12.3. The first-order valence-electron chi connectivity index (χ1n) is 9.01. The average molecular weight is 376 g/mol. The number of anilines is 1. The van der Waals surface area contributed by atoms with Crippen LogP contribution in [0.2, 0.25) is 5.02 Å². The largest absolute Gasteiger partial charge is 0.478 e. The fraction of sp³-hybridized carbons (Fsp3) is 0.409. The van der Waals surface area contributed by atoms with Crippen LogP contribution in [0.25, 0.3) is 0 Å². The summed E-state index contributed by atoms with van der Waals surface area (Å²) in [5.41, 5.74) is 4.73. The van der Waals surface area contributed by atoms with E-state index in [1.54, 1.807) is 18.2 Å². The van der Waals surface area contributed by atoms with E-state index in [9.17, 15) is 9.90 Å². The van der Waals surface area contributed by atoms with Crippen molar-refractivity contribution in [3.63, 3.8) is 0 Å². The average Bonchev–Trinajstić information content (AvgIpc) is 2.55. The molecule has 0 heterocycles. The Morgan fingerprint density at radius 3 is 2.27 bits per heavy atom. The maximum absolute atomic E-state index is 11.3. The van der Waals surface area contributed by atoms with Crippen LogP contribution in [0.1, 0.15) is 63.7 Å². The Labute approximate surface area is 162 Å². The molecule has 0 aliphatic carbocycles. The maximum Gasteiger partial charge on any atom is 0.337 e. The van der Waals surface area contributed by atoms with Crippen molar-refractivity contribution >= 4 is 23.3 Å². The van der Waals surface area contributed by atoms with Crippen LogP contribution in [-0.2, 0) is 0 Å². The van der Waals surface area contributed by atoms with Crippen molar-refractivity contribution in [2.24, 2.45) is 0 Å². The predicted octanol–water partition coefficient (Wildman–Crippen LogP) is 6.87. The zero-order valence-electron chi connectivity index (χ0n) is 16.2. The highest BCUT2D eigenvalue weighted by atomic mass is 35.5. The van der Waals surface area contributed by atoms with Gasteiger partial charge in [-0.05, 0) is 65.5 Å². The minimum atomic E-state index is -0.982. The van der Waals surface area contributed by atoms with Gasteiger partial charge in [0.2, 0.25) is 0 Å². The summed E-state index contributed by atoms with van der Waals surface area (Å²) in [7, 11) is 0. The third-order valence-corrected chi connectivity index (χ3v) is 4.41. The molecule has 0 aliphatic rings. The molecule has 0 atom stereocenters. The van der Waals surface area contributed by atoms with Gasteiger partial charge in [0.1, 0.15) is 0 Å². The van der Waals surface area contributed by atoms with Gasteiger partial charge in [-0.1, -0.05) is 52.6 Å². The second kappa shape index (κ2) is 11.6. The zero-order chi connectivity index (χ0) is 19.5. The molecule has 0 fully saturated rings. The monoisotopic (exact) mass is 375 g/mol. The van der Waals surface area contributed by atoms with Gasteiger partial charge in [0, 0.05) is 6.54 Å². The first-order valence-corrected chi connectivity index (χ1v) is 9.39. The molecule has 142 valence electrons. The summed E-state index contributed by atoms with van der Waals surface area (Å²) in [6.45, 7) is 9.09. The summed E-state index contributed by atoms with van der Waals surface area (Å²) in [4.78, 5) is 11.3. The number of hydrogen-bond donors (Lipinski definition) is 2. The van der Waals surface area contributed by atoms with Gasteiger partial charge in [0.05, 0.1) is 16.3 Å². The second-order valence-electron chi connectivity index (χ2n) is 6.81. The van der Waals surface area contributed by atoms with Gasteiger partial charge in [0.25, 0.3) is 0 Å². The highest BCUT2D eigenvalue weighted by Gasteiger charge is 2.11. The summed E-state index contributed by atoms with van der Waals surface area (Å²) in [5.74, 6) is -0.982. The second-order valence-corrected chi connectivity index (χ2v) is 7.22. The SMILES string of the molecule is CC(C)=CCCC(C)=CCCC(C)=CCNc1c(Cl)cccc1C(=O)O. The van der Waals surface area contributed by atoms with E-state index in [2.05, 4.69) is 51.2 Å². The van der Waals surface area contributed by atoms with Crippen LogP contribution < -0.4 is 5.32 Å². The molecule has 1 rings (SSSR count). The quantitative estimate of drug-likeness (QED) is 0.438. The van der Waals surface area contributed by atoms with Crippen LogP contribution in [0.3, 0.4) is 0 Å². The lowest BCUT2D eigenvalue weighted by Gasteiger charge is -2.10. The first kappa shape index (κ1) is 22.0. The van der Waals surface area contributed by atoms with Crippen LogP contribution in [-0.4, -0.2) is 17.6 Å². The maximum atomic E-state index is 11.3. The van der Waals surface area contributed by atoms with E-state index >= 15 is 0 Å². The van der Waals surface area contributed by atoms with E-state index in [4.69, 9.17) is 11.6 Å². The van der Waals surface area contributed by atoms with Crippen molar-refractivity contribution in [1.82, 2.24) is 0 Å². The Hall–Kier alpha value is -2.00. The molecule has 0 bridgehead atoms. The molecule has 0 saturated heterocycles. The van der Waals surface area contributed by atoms with Crippen molar-refractivity contribution in [1.29, 1.82) is 0 Å². The molecule has 0 unspecified atom stereocenters. The molecule has 1 aromatic carbocycles. The number of hydrogen-bond acceptors (Lipinski definition) is 2. The van der Waals surface area contributed by atoms with Crippen molar-refractivity contribution in [2.75, 3.05) is 11.9 Å². The number of rotatable bonds is 10. The van der Waals surface area contributed by atoms with Crippen molar-refractivity contribution in [3.05, 3.63) is 63.7 Å². The van der Waals surface area contributed by atoms with Crippen LogP contribution in [0, 0.1) is 0 Å². The Morgan fingerprint density at radius 1 is 1.04 bits per heavy atom. The van der Waals surface area contributed by atoms with E-state index in [0.29, 0.717) is 17.3 Å². The topological polar surface area (TPSA) is 49.3 Å². The number of aromatic carboxylic acids is 1. The summed E-state index contributed by atoms with van der Waals surface area (Å²) >= 11 is 6.11. The molecule has 2 N–H and O–H groups in total. The van der Waals surface area contributed by atoms with E-state index in [1.807, 2.05) is 0 Å². The third kappa shape index (κ3) is 8.39. The molecule has 0 aromatic heterocycles. The lowest BCUT2D eigenvalue weighted by molar-refractivity contribution is 0.0698. The fourth-order valence-electron chi connectivity index (χ4n) is 2.55. The van der Waals surface area contributed by atoms with Gasteiger partial charge in [-0.15, -0.1) is 0 Å². The molecule has 0 amide bonds. The van der Waals surface area contributed by atoms with E-state index in [-0.39, 0.29) is 5.56 Å². The van der Waals surface area contributed by atoms with E-state index in [0.717, 1.165) is 25.7 Å². The summed E-state index contributed by atoms with van der Waals surface area (Å²) in [6.07, 6.45) is 10.9. The molecule has 1 aromatic rings. The van der Waals surface area contributed by atoms with Crippen LogP contribution in [0.15, 0.2) is 53.1 Å². The van der Waals surface area contributed by atoms with Gasteiger partial charge in [0.15, 0.2) is 0 Å². The number of carboxylic acid groups (broad SMARTS) is 1. The number of para-hydroxylation sites is 1. The van der Waals surface area contributed by atoms with Gasteiger partial charge < -0.3 is 10.4 Å². The highest BCUT2D eigenvalue weighted by Crippen LogP contribution is 2.26. The minimum Gasteiger partial charge on any atom is -0.478 e. The van der Waals surface area contributed by atoms with Gasteiger partial charge in [-0.25, -0.2) is 4.79 Å². The summed E-state index contributed by atoms with van der Waals surface area (Å²) in [5, 5.41) is 12.8. The van der Waals surface area contributed by atoms with Gasteiger partial charge in [-0.3, -0.25) is 0 Å². The number of nitrogens with one attached hydrogen (secondary N) is 1. The van der Waals surface area contributed by atoms with Crippen LogP contribution in [0.4, 0.5) is 5.69 Å². The van der Waals surface area contributed by atoms with Crippen molar-refractivity contribution in [2.45, 2.75) is 53.4 Å². The molecule has 0 radical (unpaired) electrons. The number of allylic oxidation sites excluding steroid dienone is 5. The van der Waals surface area contributed by atoms with Crippen molar-refractivity contribution < 1.29 is 9.90 Å². The Morgan fingerprint density at radius 2 is 1.65 bits per heavy atom. The molecule has 0 saturated carbocycles. The molecule has 0 aliphatic heterocycles. The van der Waals surface area contributed by atoms with Gasteiger partial charge >= 0.3 is 5.97 Å². The molecule has 26 heavy (non-hydrogen) atoms. The molecule has 4 heteroatoms. The Bertz CT molecular complexity index is 698. The number of benzene rings is 1. The van der Waals surface area contributed by atoms with Crippen LogP contribution >= 0.6 is 11.6 Å². The van der Waals surface area contributed by atoms with Crippen molar-refractivity contribution in [3.8, 4) is 0 Å². The highest BCUT2D eigenvalue weighted by molar-refractivity contribution is 6.34. The van der Waals surface area contributed by atoms with Crippen LogP contribution in [0.5, 0.6) is 0 Å². The Kier molecular flexibility index (Phi) is 9.82. The minimum absolute atomic E-state index is 0.193. The third-order valence-electron chi connectivity index (χ3n) is 4.10. The predicted molar refractivity (Wildman–Crippen MR) is 112 cm³/mol. The lowest BCUT2D eigenvalue weighted by atomic mass is 10.1. The molecule has 0 spiro atoms. The van der Waals surface area contributed by atoms with Gasteiger partial charge in [-0.2, -0.15) is 0 Å². The van der Waals surface area contributed by atoms with E-state index < -0.39 is 5.97 Å². The number of carbonyl (C=O) groups is 1. The Balaban J connectivity index is 2.48.